The quantitative estimate of drug-likeness (QED) is 0.482. The highest BCUT2D eigenvalue weighted by Crippen LogP contribution is 2.26. The van der Waals surface area contributed by atoms with Crippen molar-refractivity contribution < 1.29 is 9.59 Å². The molecule has 8 heteroatoms. The van der Waals surface area contributed by atoms with Gasteiger partial charge in [0.25, 0.3) is 0 Å². The van der Waals surface area contributed by atoms with Gasteiger partial charge >= 0.3 is 0 Å². The van der Waals surface area contributed by atoms with Crippen molar-refractivity contribution in [2.75, 3.05) is 11.2 Å². The summed E-state index contributed by atoms with van der Waals surface area (Å²) in [4.78, 5) is 23.8. The lowest BCUT2D eigenvalue weighted by atomic mass is 9.96. The summed E-state index contributed by atoms with van der Waals surface area (Å²) in [7, 11) is 0. The van der Waals surface area contributed by atoms with Crippen LogP contribution in [-0.4, -0.2) is 31.8 Å². The number of aromatic nitrogens is 3. The minimum absolute atomic E-state index is 0.0514. The van der Waals surface area contributed by atoms with E-state index in [1.807, 2.05) is 20.8 Å². The number of Topliss-reactive ketones (excluding diaryl/α,β-unsaturated/α-hetero) is 1. The van der Waals surface area contributed by atoms with Crippen LogP contribution in [-0.2, 0) is 10.2 Å². The number of thioether (sulfide) groups is 1. The molecule has 0 saturated carbocycles. The van der Waals surface area contributed by atoms with E-state index >= 15 is 0 Å². The number of nitrogens with one attached hydrogen (secondary N) is 1. The SMILES string of the molecule is CC(=O)c1cccc(NC(=O)[C@@H](C)Sc2nnc(C(C)(C)C)n2N)c1. The van der Waals surface area contributed by atoms with Gasteiger partial charge in [0, 0.05) is 16.7 Å². The Hall–Kier alpha value is -2.35. The van der Waals surface area contributed by atoms with Gasteiger partial charge in [0.1, 0.15) is 0 Å². The van der Waals surface area contributed by atoms with Crippen LogP contribution in [0.1, 0.15) is 50.8 Å². The molecule has 2 aromatic rings. The Morgan fingerprint density at radius 2 is 1.96 bits per heavy atom. The van der Waals surface area contributed by atoms with Crippen molar-refractivity contribution in [1.82, 2.24) is 14.9 Å². The largest absolute Gasteiger partial charge is 0.336 e. The molecular weight excluding hydrogens is 338 g/mol. The van der Waals surface area contributed by atoms with Gasteiger partial charge in [-0.2, -0.15) is 0 Å². The van der Waals surface area contributed by atoms with Gasteiger partial charge in [-0.3, -0.25) is 9.59 Å². The molecule has 2 rings (SSSR count). The maximum absolute atomic E-state index is 12.4. The molecular formula is C17H23N5O2S. The summed E-state index contributed by atoms with van der Waals surface area (Å²) < 4.78 is 1.42. The molecule has 0 aliphatic carbocycles. The summed E-state index contributed by atoms with van der Waals surface area (Å²) in [6.07, 6.45) is 0. The fourth-order valence-corrected chi connectivity index (χ4v) is 2.91. The fourth-order valence-electron chi connectivity index (χ4n) is 2.14. The second-order valence-electron chi connectivity index (χ2n) is 6.81. The first-order chi connectivity index (χ1) is 11.6. The third-order valence-electron chi connectivity index (χ3n) is 3.52. The van der Waals surface area contributed by atoms with Crippen LogP contribution in [0.25, 0.3) is 0 Å². The number of benzene rings is 1. The van der Waals surface area contributed by atoms with Crippen molar-refractivity contribution in [3.63, 3.8) is 0 Å². The molecule has 0 bridgehead atoms. The summed E-state index contributed by atoms with van der Waals surface area (Å²) in [5, 5.41) is 11.0. The van der Waals surface area contributed by atoms with Crippen LogP contribution in [0.4, 0.5) is 5.69 Å². The average molecular weight is 361 g/mol. The Morgan fingerprint density at radius 3 is 2.52 bits per heavy atom. The second kappa shape index (κ2) is 7.26. The number of ketones is 1. The van der Waals surface area contributed by atoms with Gasteiger partial charge in [-0.05, 0) is 26.0 Å². The molecule has 1 atom stereocenters. The Kier molecular flexibility index (Phi) is 5.52. The second-order valence-corrected chi connectivity index (χ2v) is 8.12. The van der Waals surface area contributed by atoms with E-state index in [9.17, 15) is 9.59 Å². The molecule has 25 heavy (non-hydrogen) atoms. The smallest absolute Gasteiger partial charge is 0.237 e. The number of amides is 1. The van der Waals surface area contributed by atoms with Gasteiger partial charge in [-0.25, -0.2) is 4.68 Å². The van der Waals surface area contributed by atoms with Crippen LogP contribution < -0.4 is 11.2 Å². The molecule has 0 aliphatic rings. The summed E-state index contributed by atoms with van der Waals surface area (Å²) in [6, 6.07) is 6.84. The average Bonchev–Trinajstić information content (AvgIpc) is 2.88. The van der Waals surface area contributed by atoms with Gasteiger partial charge < -0.3 is 11.2 Å². The zero-order valence-corrected chi connectivity index (χ0v) is 15.8. The number of nitrogen functional groups attached to an aromatic ring is 1. The lowest BCUT2D eigenvalue weighted by Gasteiger charge is -2.17. The number of anilines is 1. The monoisotopic (exact) mass is 361 g/mol. The highest BCUT2D eigenvalue weighted by atomic mass is 32.2. The molecule has 0 unspecified atom stereocenters. The highest BCUT2D eigenvalue weighted by Gasteiger charge is 2.25. The van der Waals surface area contributed by atoms with Crippen LogP contribution in [0.15, 0.2) is 29.4 Å². The van der Waals surface area contributed by atoms with Crippen LogP contribution in [0.5, 0.6) is 0 Å². The van der Waals surface area contributed by atoms with E-state index in [0.29, 0.717) is 22.2 Å². The van der Waals surface area contributed by atoms with E-state index in [1.165, 1.54) is 23.4 Å². The lowest BCUT2D eigenvalue weighted by molar-refractivity contribution is -0.115. The van der Waals surface area contributed by atoms with E-state index in [0.717, 1.165) is 0 Å². The van der Waals surface area contributed by atoms with Crippen LogP contribution in [0.2, 0.25) is 0 Å². The molecule has 7 nitrogen and oxygen atoms in total. The minimum Gasteiger partial charge on any atom is -0.336 e. The first-order valence-corrected chi connectivity index (χ1v) is 8.77. The predicted octanol–water partition coefficient (Wildman–Crippen LogP) is 2.61. The van der Waals surface area contributed by atoms with Gasteiger partial charge in [0.2, 0.25) is 11.1 Å². The van der Waals surface area contributed by atoms with Crippen molar-refractivity contribution in [2.45, 2.75) is 50.4 Å². The molecule has 1 aromatic carbocycles. The topological polar surface area (TPSA) is 103 Å². The highest BCUT2D eigenvalue weighted by molar-refractivity contribution is 8.00. The van der Waals surface area contributed by atoms with Crippen LogP contribution >= 0.6 is 11.8 Å². The van der Waals surface area contributed by atoms with Crippen molar-refractivity contribution in [3.05, 3.63) is 35.7 Å². The first kappa shape index (κ1) is 19.0. The zero-order chi connectivity index (χ0) is 18.8. The summed E-state index contributed by atoms with van der Waals surface area (Å²) in [5.74, 6) is 6.44. The van der Waals surface area contributed by atoms with Gasteiger partial charge in [-0.15, -0.1) is 10.2 Å². The molecule has 1 aromatic heterocycles. The maximum atomic E-state index is 12.4. The van der Waals surface area contributed by atoms with E-state index in [-0.39, 0.29) is 17.1 Å². The summed E-state index contributed by atoms with van der Waals surface area (Å²) in [5.41, 5.74) is 0.892. The first-order valence-electron chi connectivity index (χ1n) is 7.89. The van der Waals surface area contributed by atoms with E-state index in [4.69, 9.17) is 5.84 Å². The van der Waals surface area contributed by atoms with Gasteiger partial charge in [0.05, 0.1) is 5.25 Å². The summed E-state index contributed by atoms with van der Waals surface area (Å²) >= 11 is 1.23. The standard InChI is InChI=1S/C17H23N5O2S/c1-10(23)12-7-6-8-13(9-12)19-14(24)11(2)25-16-21-20-15(22(16)18)17(3,4)5/h6-9,11H,18H2,1-5H3,(H,19,24)/t11-/m1/s1. The minimum atomic E-state index is -0.430. The Balaban J connectivity index is 2.07. The summed E-state index contributed by atoms with van der Waals surface area (Å²) in [6.45, 7) is 9.23. The number of nitrogens with zero attached hydrogens (tertiary/aromatic N) is 3. The Labute approximate surface area is 151 Å². The number of hydrogen-bond donors (Lipinski definition) is 2. The van der Waals surface area contributed by atoms with E-state index < -0.39 is 5.25 Å². The number of hydrogen-bond acceptors (Lipinski definition) is 6. The maximum Gasteiger partial charge on any atom is 0.237 e. The number of carbonyl (C=O) groups excluding carboxylic acids is 2. The zero-order valence-electron chi connectivity index (χ0n) is 15.0. The molecule has 0 aliphatic heterocycles. The van der Waals surface area contributed by atoms with E-state index in [1.54, 1.807) is 31.2 Å². The lowest BCUT2D eigenvalue weighted by Crippen LogP contribution is -2.26. The number of carbonyl (C=O) groups is 2. The molecule has 134 valence electrons. The molecule has 3 N–H and O–H groups in total. The molecule has 0 saturated heterocycles. The Bertz CT molecular complexity index is 795. The van der Waals surface area contributed by atoms with Crippen molar-refractivity contribution in [2.24, 2.45) is 0 Å². The van der Waals surface area contributed by atoms with Crippen molar-refractivity contribution in [3.8, 4) is 0 Å². The number of nitrogens with two attached hydrogens (primary N) is 1. The number of rotatable bonds is 5. The Morgan fingerprint density at radius 1 is 1.28 bits per heavy atom. The predicted molar refractivity (Wildman–Crippen MR) is 99.3 cm³/mol. The van der Waals surface area contributed by atoms with Crippen molar-refractivity contribution >= 4 is 29.1 Å². The third kappa shape index (κ3) is 4.60. The third-order valence-corrected chi connectivity index (χ3v) is 4.58. The molecule has 1 amide bonds. The van der Waals surface area contributed by atoms with Crippen LogP contribution in [0, 0.1) is 0 Å². The van der Waals surface area contributed by atoms with Gasteiger partial charge in [0.15, 0.2) is 11.6 Å². The molecule has 0 spiro atoms. The van der Waals surface area contributed by atoms with E-state index in [2.05, 4.69) is 15.5 Å². The fraction of sp³-hybridized carbons (Fsp3) is 0.412. The van der Waals surface area contributed by atoms with Crippen molar-refractivity contribution in [1.29, 1.82) is 0 Å². The molecule has 0 fully saturated rings. The van der Waals surface area contributed by atoms with Crippen LogP contribution in [0.3, 0.4) is 0 Å². The molecule has 0 radical (unpaired) electrons. The normalized spacial score (nSPS) is 12.7. The van der Waals surface area contributed by atoms with Gasteiger partial charge in [-0.1, -0.05) is 44.7 Å². The molecule has 1 heterocycles.